The minimum Gasteiger partial charge on any atom is -0.328 e. The molecule has 2 aromatic rings. The summed E-state index contributed by atoms with van der Waals surface area (Å²) >= 11 is 0. The van der Waals surface area contributed by atoms with Gasteiger partial charge in [0, 0.05) is 0 Å². The summed E-state index contributed by atoms with van der Waals surface area (Å²) in [5.74, 6) is 0. The largest absolute Gasteiger partial charge is 0.328 e. The van der Waals surface area contributed by atoms with Crippen LogP contribution in [0.2, 0.25) is 0 Å². The number of fused-ring (bicyclic) bond motifs is 2. The van der Waals surface area contributed by atoms with E-state index in [0.29, 0.717) is 0 Å². The Morgan fingerprint density at radius 2 is 0.915 bits per heavy atom. The molecule has 0 amide bonds. The second-order valence-electron chi connectivity index (χ2n) is 18.7. The zero-order valence-corrected chi connectivity index (χ0v) is 33.6. The molecule has 0 saturated carbocycles. The van der Waals surface area contributed by atoms with Crippen molar-refractivity contribution in [2.45, 2.75) is 201 Å². The van der Waals surface area contributed by atoms with Gasteiger partial charge in [-0.25, -0.2) is 0 Å². The molecule has 0 heterocycles. The molecule has 0 radical (unpaired) electrons. The molecule has 0 aliphatic heterocycles. The summed E-state index contributed by atoms with van der Waals surface area (Å²) in [5, 5.41) is 0. The van der Waals surface area contributed by atoms with E-state index in [0.717, 1.165) is 25.7 Å². The first kappa shape index (κ1) is 40.2. The van der Waals surface area contributed by atoms with Crippen LogP contribution in [0, 0.1) is 0 Å². The minimum atomic E-state index is -2.62. The molecule has 2 aromatic carbocycles. The number of hydrogen-bond acceptors (Lipinski definition) is 3. The van der Waals surface area contributed by atoms with Crippen molar-refractivity contribution in [2.24, 2.45) is 0 Å². The Morgan fingerprint density at radius 3 is 1.23 bits per heavy atom. The highest BCUT2D eigenvalue weighted by Crippen LogP contribution is 2.57. The van der Waals surface area contributed by atoms with Crippen LogP contribution in [0.4, 0.5) is 0 Å². The van der Waals surface area contributed by atoms with E-state index in [1.165, 1.54) is 102 Å². The van der Waals surface area contributed by atoms with E-state index < -0.39 is 14.2 Å². The molecular formula is C43H71O3P. The molecular weight excluding hydrogens is 595 g/mol. The lowest BCUT2D eigenvalue weighted by atomic mass is 9.62. The van der Waals surface area contributed by atoms with Gasteiger partial charge in [-0.2, -0.15) is 0 Å². The van der Waals surface area contributed by atoms with Gasteiger partial charge in [-0.1, -0.05) is 178 Å². The Kier molecular flexibility index (Phi) is 13.5. The van der Waals surface area contributed by atoms with Gasteiger partial charge in [0.25, 0.3) is 0 Å². The maximum absolute atomic E-state index is 10.9. The predicted octanol–water partition coefficient (Wildman–Crippen LogP) is 13.0. The van der Waals surface area contributed by atoms with Gasteiger partial charge in [-0.3, -0.25) is 4.52 Å². The van der Waals surface area contributed by atoms with Crippen LogP contribution in [-0.4, -0.2) is 9.79 Å². The molecule has 0 atom stereocenters. The molecule has 47 heavy (non-hydrogen) atoms. The molecule has 0 bridgehead atoms. The lowest BCUT2D eigenvalue weighted by Gasteiger charge is -2.47. The molecule has 4 heteroatoms. The third kappa shape index (κ3) is 10.2. The molecule has 0 fully saturated rings. The maximum Gasteiger partial charge on any atom is 0.328 e. The van der Waals surface area contributed by atoms with Gasteiger partial charge in [0.05, 0.1) is 0 Å². The fourth-order valence-electron chi connectivity index (χ4n) is 7.58. The fourth-order valence-corrected chi connectivity index (χ4v) is 8.13. The number of rotatable bonds is 14. The highest BCUT2D eigenvalue weighted by Gasteiger charge is 2.49. The van der Waals surface area contributed by atoms with Crippen LogP contribution in [0.5, 0.6) is 0 Å². The molecule has 1 aliphatic carbocycles. The van der Waals surface area contributed by atoms with E-state index >= 15 is 0 Å². The first-order valence-electron chi connectivity index (χ1n) is 18.9. The third-order valence-corrected chi connectivity index (χ3v) is 10.8. The quantitative estimate of drug-likeness (QED) is 0.156. The Balaban J connectivity index is 2.20. The lowest BCUT2D eigenvalue weighted by Crippen LogP contribution is -2.41. The van der Waals surface area contributed by atoms with Crippen molar-refractivity contribution in [3.8, 4) is 0 Å². The summed E-state index contributed by atoms with van der Waals surface area (Å²) < 4.78 is 6.72. The van der Waals surface area contributed by atoms with Crippen LogP contribution < -0.4 is 0 Å². The summed E-state index contributed by atoms with van der Waals surface area (Å²) in [6.45, 7) is 29.8. The molecule has 266 valence electrons. The normalized spacial score (nSPS) is 15.2. The van der Waals surface area contributed by atoms with Crippen LogP contribution in [0.3, 0.4) is 0 Å². The number of unbranched alkanes of at least 4 members (excludes halogenated alkanes) is 10. The second kappa shape index (κ2) is 15.7. The molecule has 2 N–H and O–H groups in total. The molecule has 0 unspecified atom stereocenters. The van der Waals surface area contributed by atoms with Gasteiger partial charge in [0.1, 0.15) is 5.60 Å². The average Bonchev–Trinajstić information content (AvgIpc) is 2.92. The molecule has 0 aromatic heterocycles. The summed E-state index contributed by atoms with van der Waals surface area (Å²) in [6, 6.07) is 9.62. The van der Waals surface area contributed by atoms with Crippen molar-refractivity contribution in [2.75, 3.05) is 0 Å². The molecule has 3 nitrogen and oxygen atoms in total. The second-order valence-corrected chi connectivity index (χ2v) is 19.4. The summed E-state index contributed by atoms with van der Waals surface area (Å²) in [6.07, 6.45) is 15.6. The smallest absolute Gasteiger partial charge is 0.328 e. The van der Waals surface area contributed by atoms with E-state index in [9.17, 15) is 9.79 Å². The predicted molar refractivity (Wildman–Crippen MR) is 205 cm³/mol. The van der Waals surface area contributed by atoms with Crippen LogP contribution in [0.15, 0.2) is 24.3 Å². The van der Waals surface area contributed by atoms with Crippen molar-refractivity contribution < 1.29 is 14.3 Å². The van der Waals surface area contributed by atoms with Crippen molar-refractivity contribution in [1.29, 1.82) is 0 Å². The van der Waals surface area contributed by atoms with Gasteiger partial charge in [0.15, 0.2) is 0 Å². The van der Waals surface area contributed by atoms with E-state index in [1.54, 1.807) is 0 Å². The van der Waals surface area contributed by atoms with E-state index in [4.69, 9.17) is 4.52 Å². The minimum absolute atomic E-state index is 0.0147. The van der Waals surface area contributed by atoms with Gasteiger partial charge >= 0.3 is 8.60 Å². The lowest BCUT2D eigenvalue weighted by molar-refractivity contribution is 0.0717. The highest BCUT2D eigenvalue weighted by atomic mass is 31.2. The van der Waals surface area contributed by atoms with E-state index in [1.807, 2.05) is 0 Å². The van der Waals surface area contributed by atoms with Crippen LogP contribution >= 0.6 is 8.60 Å². The zero-order chi connectivity index (χ0) is 35.4. The molecule has 0 saturated heterocycles. The first-order chi connectivity index (χ1) is 21.6. The Hall–Kier alpha value is -1.25. The monoisotopic (exact) mass is 667 g/mol. The molecule has 3 rings (SSSR count). The van der Waals surface area contributed by atoms with Gasteiger partial charge in [-0.15, -0.1) is 0 Å². The van der Waals surface area contributed by atoms with Crippen LogP contribution in [0.25, 0.3) is 0 Å². The van der Waals surface area contributed by atoms with Gasteiger partial charge < -0.3 is 9.79 Å². The van der Waals surface area contributed by atoms with Crippen LogP contribution in [-0.2, 0) is 38.2 Å². The van der Waals surface area contributed by atoms with E-state index in [2.05, 4.69) is 114 Å². The topological polar surface area (TPSA) is 49.7 Å². The van der Waals surface area contributed by atoms with Crippen LogP contribution in [0.1, 0.15) is 212 Å². The maximum atomic E-state index is 10.9. The van der Waals surface area contributed by atoms with E-state index in [-0.39, 0.29) is 21.7 Å². The SMILES string of the molecule is CCCCCCCCCCCCCC1(OP(O)O)c2c(cc(C(C)(C)C)cc2C(C)(C)C)Cc2cc(C(C)(C)C)cc(C(C)(C)C)c21. The Labute approximate surface area is 291 Å². The molecule has 0 spiro atoms. The van der Waals surface area contributed by atoms with Crippen molar-refractivity contribution in [3.63, 3.8) is 0 Å². The zero-order valence-electron chi connectivity index (χ0n) is 32.8. The van der Waals surface area contributed by atoms with Gasteiger partial charge in [0.2, 0.25) is 0 Å². The Morgan fingerprint density at radius 1 is 0.553 bits per heavy atom. The fraction of sp³-hybridized carbons (Fsp3) is 0.721. The van der Waals surface area contributed by atoms with Crippen molar-refractivity contribution in [1.82, 2.24) is 0 Å². The molecule has 1 aliphatic rings. The number of benzene rings is 2. The summed E-state index contributed by atoms with van der Waals surface area (Å²) in [4.78, 5) is 21.7. The number of hydrogen-bond donors (Lipinski definition) is 2. The summed E-state index contributed by atoms with van der Waals surface area (Å²) in [7, 11) is -2.62. The Bertz CT molecular complexity index is 1230. The first-order valence-corrected chi connectivity index (χ1v) is 20.0. The standard InChI is InChI=1S/C43H71O3P/c1-14-15-16-17-18-19-20-21-22-23-24-25-43(46-47(44)45)37-31(27-33(39(2,3)4)29-35(37)41(8,9)10)26-32-28-34(40(5,6)7)30-36(38(32)43)42(11,12)13/h27-30,44-45H,14-26H2,1-13H3. The van der Waals surface area contributed by atoms with Gasteiger partial charge in [-0.05, 0) is 85.4 Å². The summed E-state index contributed by atoms with van der Waals surface area (Å²) in [5.41, 5.74) is 8.83. The highest BCUT2D eigenvalue weighted by molar-refractivity contribution is 7.39. The van der Waals surface area contributed by atoms with Crippen molar-refractivity contribution in [3.05, 3.63) is 68.8 Å². The van der Waals surface area contributed by atoms with Crippen molar-refractivity contribution >= 4 is 8.60 Å². The third-order valence-electron chi connectivity index (χ3n) is 10.3. The average molecular weight is 667 g/mol.